The van der Waals surface area contributed by atoms with Crippen LogP contribution in [0.4, 0.5) is 4.39 Å². The van der Waals surface area contributed by atoms with Crippen LogP contribution in [-0.2, 0) is 0 Å². The summed E-state index contributed by atoms with van der Waals surface area (Å²) in [6.07, 6.45) is 1.01. The minimum absolute atomic E-state index is 0.112. The summed E-state index contributed by atoms with van der Waals surface area (Å²) in [5.74, 6) is -0.135. The molecule has 0 bridgehead atoms. The SMILES string of the molecule is CCCNC(c1ccc(Br)cc1)c1c(C)cc(C)cc1F. The molecule has 1 unspecified atom stereocenters. The molecule has 0 saturated carbocycles. The van der Waals surface area contributed by atoms with Gasteiger partial charge in [-0.25, -0.2) is 4.39 Å². The van der Waals surface area contributed by atoms with Crippen molar-refractivity contribution in [1.82, 2.24) is 5.32 Å². The molecule has 0 spiro atoms. The molecule has 0 aromatic heterocycles. The van der Waals surface area contributed by atoms with Gasteiger partial charge in [-0.3, -0.25) is 0 Å². The predicted molar refractivity (Wildman–Crippen MR) is 90.2 cm³/mol. The molecule has 2 aromatic rings. The molecule has 0 fully saturated rings. The first-order valence-electron chi connectivity index (χ1n) is 7.28. The Morgan fingerprint density at radius 3 is 2.38 bits per heavy atom. The van der Waals surface area contributed by atoms with Gasteiger partial charge < -0.3 is 5.32 Å². The van der Waals surface area contributed by atoms with E-state index in [1.165, 1.54) is 0 Å². The Bertz CT molecular complexity index is 584. The lowest BCUT2D eigenvalue weighted by Gasteiger charge is -2.22. The fourth-order valence-corrected chi connectivity index (χ4v) is 2.89. The third-order valence-electron chi connectivity index (χ3n) is 3.57. The number of nitrogens with one attached hydrogen (secondary N) is 1. The van der Waals surface area contributed by atoms with E-state index >= 15 is 0 Å². The fourth-order valence-electron chi connectivity index (χ4n) is 2.62. The molecule has 0 aliphatic heterocycles. The van der Waals surface area contributed by atoms with Crippen LogP contribution in [-0.4, -0.2) is 6.54 Å². The summed E-state index contributed by atoms with van der Waals surface area (Å²) in [5.41, 5.74) is 3.77. The Hall–Kier alpha value is -1.19. The summed E-state index contributed by atoms with van der Waals surface area (Å²) in [7, 11) is 0. The first-order chi connectivity index (χ1) is 10.0. The lowest BCUT2D eigenvalue weighted by molar-refractivity contribution is 0.543. The molecule has 0 amide bonds. The molecule has 0 aliphatic carbocycles. The summed E-state index contributed by atoms with van der Waals surface area (Å²) in [6.45, 7) is 6.87. The lowest BCUT2D eigenvalue weighted by Crippen LogP contribution is -2.25. The number of halogens is 2. The highest BCUT2D eigenvalue weighted by atomic mass is 79.9. The van der Waals surface area contributed by atoms with Gasteiger partial charge in [0.2, 0.25) is 0 Å². The van der Waals surface area contributed by atoms with Crippen LogP contribution in [0.25, 0.3) is 0 Å². The van der Waals surface area contributed by atoms with Crippen molar-refractivity contribution in [2.24, 2.45) is 0 Å². The molecule has 21 heavy (non-hydrogen) atoms. The second-order valence-electron chi connectivity index (χ2n) is 5.42. The smallest absolute Gasteiger partial charge is 0.128 e. The Balaban J connectivity index is 2.47. The number of benzene rings is 2. The number of rotatable bonds is 5. The monoisotopic (exact) mass is 349 g/mol. The highest BCUT2D eigenvalue weighted by Gasteiger charge is 2.19. The van der Waals surface area contributed by atoms with E-state index in [0.717, 1.165) is 39.7 Å². The van der Waals surface area contributed by atoms with Crippen LogP contribution in [0.5, 0.6) is 0 Å². The van der Waals surface area contributed by atoms with Crippen molar-refractivity contribution in [3.8, 4) is 0 Å². The second kappa shape index (κ2) is 7.19. The zero-order valence-electron chi connectivity index (χ0n) is 12.7. The Kier molecular flexibility index (Phi) is 5.54. The highest BCUT2D eigenvalue weighted by Crippen LogP contribution is 2.29. The molecule has 3 heteroatoms. The third-order valence-corrected chi connectivity index (χ3v) is 4.10. The minimum Gasteiger partial charge on any atom is -0.306 e. The maximum Gasteiger partial charge on any atom is 0.128 e. The summed E-state index contributed by atoms with van der Waals surface area (Å²) < 4.78 is 15.5. The van der Waals surface area contributed by atoms with Crippen molar-refractivity contribution in [2.75, 3.05) is 6.54 Å². The molecule has 0 heterocycles. The molecular formula is C18H21BrFN. The normalized spacial score (nSPS) is 12.4. The third kappa shape index (κ3) is 3.92. The maximum absolute atomic E-state index is 14.5. The van der Waals surface area contributed by atoms with Gasteiger partial charge in [-0.1, -0.05) is 41.1 Å². The van der Waals surface area contributed by atoms with Crippen LogP contribution in [0.1, 0.15) is 41.6 Å². The van der Waals surface area contributed by atoms with Gasteiger partial charge in [0.25, 0.3) is 0 Å². The quantitative estimate of drug-likeness (QED) is 0.772. The largest absolute Gasteiger partial charge is 0.306 e. The van der Waals surface area contributed by atoms with Gasteiger partial charge in [-0.2, -0.15) is 0 Å². The summed E-state index contributed by atoms with van der Waals surface area (Å²) in [4.78, 5) is 0. The standard InChI is InChI=1S/C18H21BrFN/c1-4-9-21-18(14-5-7-15(19)8-6-14)17-13(3)10-12(2)11-16(17)20/h5-8,10-11,18,21H,4,9H2,1-3H3. The molecule has 1 N–H and O–H groups in total. The van der Waals surface area contributed by atoms with Gasteiger partial charge in [0, 0.05) is 10.0 Å². The molecule has 2 rings (SSSR count). The van der Waals surface area contributed by atoms with E-state index in [4.69, 9.17) is 0 Å². The van der Waals surface area contributed by atoms with Crippen LogP contribution in [0, 0.1) is 19.7 Å². The maximum atomic E-state index is 14.5. The van der Waals surface area contributed by atoms with Gasteiger partial charge in [0.05, 0.1) is 6.04 Å². The molecule has 2 aromatic carbocycles. The van der Waals surface area contributed by atoms with Crippen molar-refractivity contribution in [3.05, 3.63) is 68.9 Å². The van der Waals surface area contributed by atoms with Crippen molar-refractivity contribution in [2.45, 2.75) is 33.2 Å². The topological polar surface area (TPSA) is 12.0 Å². The molecule has 0 aliphatic rings. The van der Waals surface area contributed by atoms with Gasteiger partial charge in [-0.05, 0) is 61.7 Å². The number of aryl methyl sites for hydroxylation is 2. The van der Waals surface area contributed by atoms with Gasteiger partial charge in [-0.15, -0.1) is 0 Å². The zero-order chi connectivity index (χ0) is 15.4. The molecule has 1 nitrogen and oxygen atoms in total. The Labute approximate surface area is 134 Å². The summed E-state index contributed by atoms with van der Waals surface area (Å²) >= 11 is 3.45. The Morgan fingerprint density at radius 1 is 1.14 bits per heavy atom. The van der Waals surface area contributed by atoms with Crippen molar-refractivity contribution in [3.63, 3.8) is 0 Å². The summed E-state index contributed by atoms with van der Waals surface area (Å²) in [6, 6.07) is 11.6. The number of hydrogen-bond acceptors (Lipinski definition) is 1. The first kappa shape index (κ1) is 16.2. The van der Waals surface area contributed by atoms with Crippen LogP contribution in [0.2, 0.25) is 0 Å². The molecule has 0 radical (unpaired) electrons. The lowest BCUT2D eigenvalue weighted by atomic mass is 9.93. The van der Waals surface area contributed by atoms with Crippen molar-refractivity contribution >= 4 is 15.9 Å². The minimum atomic E-state index is -0.135. The predicted octanol–water partition coefficient (Wildman–Crippen LogP) is 5.29. The molecule has 0 saturated heterocycles. The van der Waals surface area contributed by atoms with E-state index in [1.807, 2.05) is 44.2 Å². The first-order valence-corrected chi connectivity index (χ1v) is 8.07. The van der Waals surface area contributed by atoms with E-state index in [1.54, 1.807) is 6.07 Å². The summed E-state index contributed by atoms with van der Waals surface area (Å²) in [5, 5.41) is 3.47. The van der Waals surface area contributed by atoms with E-state index in [0.29, 0.717) is 0 Å². The van der Waals surface area contributed by atoms with Crippen LogP contribution in [0.15, 0.2) is 40.9 Å². The van der Waals surface area contributed by atoms with Gasteiger partial charge in [0.1, 0.15) is 5.82 Å². The number of hydrogen-bond donors (Lipinski definition) is 1. The highest BCUT2D eigenvalue weighted by molar-refractivity contribution is 9.10. The fraction of sp³-hybridized carbons (Fsp3) is 0.333. The molecular weight excluding hydrogens is 329 g/mol. The molecule has 112 valence electrons. The average molecular weight is 350 g/mol. The van der Waals surface area contributed by atoms with Gasteiger partial charge >= 0.3 is 0 Å². The Morgan fingerprint density at radius 2 is 1.81 bits per heavy atom. The molecule has 1 atom stereocenters. The second-order valence-corrected chi connectivity index (χ2v) is 6.33. The van der Waals surface area contributed by atoms with E-state index in [-0.39, 0.29) is 11.9 Å². The average Bonchev–Trinajstić information content (AvgIpc) is 2.42. The van der Waals surface area contributed by atoms with Crippen LogP contribution >= 0.6 is 15.9 Å². The van der Waals surface area contributed by atoms with E-state index in [9.17, 15) is 4.39 Å². The van der Waals surface area contributed by atoms with Crippen molar-refractivity contribution in [1.29, 1.82) is 0 Å². The zero-order valence-corrected chi connectivity index (χ0v) is 14.3. The van der Waals surface area contributed by atoms with Crippen LogP contribution < -0.4 is 5.32 Å². The van der Waals surface area contributed by atoms with Crippen molar-refractivity contribution < 1.29 is 4.39 Å². The van der Waals surface area contributed by atoms with Crippen LogP contribution in [0.3, 0.4) is 0 Å². The van der Waals surface area contributed by atoms with E-state index < -0.39 is 0 Å². The van der Waals surface area contributed by atoms with E-state index in [2.05, 4.69) is 28.2 Å². The van der Waals surface area contributed by atoms with Gasteiger partial charge in [0.15, 0.2) is 0 Å².